The molecule has 0 amide bonds. The molecule has 0 heterocycles. The fourth-order valence-corrected chi connectivity index (χ4v) is 1.90. The Kier molecular flexibility index (Phi) is 3.82. The van der Waals surface area contributed by atoms with E-state index < -0.39 is 10.1 Å². The molecule has 0 aliphatic rings. The normalized spacial score (nSPS) is 10.6. The molecule has 0 fully saturated rings. The van der Waals surface area contributed by atoms with Crippen molar-refractivity contribution in [1.29, 1.82) is 0 Å². The molecule has 0 radical (unpaired) electrons. The maximum atomic E-state index is 10.9. The maximum Gasteiger partial charge on any atom is 0.294 e. The van der Waals surface area contributed by atoms with E-state index in [-0.39, 0.29) is 10.6 Å². The van der Waals surface area contributed by atoms with Crippen LogP contribution in [0.3, 0.4) is 0 Å². The van der Waals surface area contributed by atoms with Crippen LogP contribution in [0.5, 0.6) is 5.75 Å². The zero-order valence-electron chi connectivity index (χ0n) is 8.70. The van der Waals surface area contributed by atoms with Crippen molar-refractivity contribution in [3.8, 4) is 5.75 Å². The number of hydrogen-bond donors (Lipinski definition) is 2. The minimum absolute atomic E-state index is 0.0157. The number of phenolic OH excluding ortho intramolecular Hbond substituents is 1. The molecule has 0 saturated carbocycles. The third-order valence-electron chi connectivity index (χ3n) is 2.13. The van der Waals surface area contributed by atoms with Crippen molar-refractivity contribution in [1.82, 2.24) is 0 Å². The summed E-state index contributed by atoms with van der Waals surface area (Å²) in [6.07, 6.45) is 0. The SMILES string of the molecule is C=O.O=S(=O)(O)c1ccc2cccc(O)c2c1. The molecule has 0 unspecified atom stereocenters. The Morgan fingerprint density at radius 3 is 2.29 bits per heavy atom. The van der Waals surface area contributed by atoms with Crippen molar-refractivity contribution < 1.29 is 22.9 Å². The fraction of sp³-hybridized carbons (Fsp3) is 0. The van der Waals surface area contributed by atoms with Gasteiger partial charge >= 0.3 is 0 Å². The first-order valence-corrected chi connectivity index (χ1v) is 5.90. The average molecular weight is 254 g/mol. The number of carbonyl (C=O) groups is 1. The van der Waals surface area contributed by atoms with Crippen LogP contribution in [0.2, 0.25) is 0 Å². The number of hydrogen-bond acceptors (Lipinski definition) is 4. The van der Waals surface area contributed by atoms with Crippen molar-refractivity contribution in [2.45, 2.75) is 4.90 Å². The highest BCUT2D eigenvalue weighted by Gasteiger charge is 2.10. The van der Waals surface area contributed by atoms with Gasteiger partial charge in [-0.15, -0.1) is 0 Å². The molecule has 0 aliphatic heterocycles. The molecule has 5 nitrogen and oxygen atoms in total. The first-order valence-electron chi connectivity index (χ1n) is 4.46. The van der Waals surface area contributed by atoms with Gasteiger partial charge < -0.3 is 9.90 Å². The van der Waals surface area contributed by atoms with Crippen LogP contribution in [0, 0.1) is 0 Å². The van der Waals surface area contributed by atoms with Gasteiger partial charge in [0.15, 0.2) is 0 Å². The van der Waals surface area contributed by atoms with E-state index in [0.29, 0.717) is 10.8 Å². The Morgan fingerprint density at radius 1 is 1.06 bits per heavy atom. The molecule has 2 aromatic rings. The van der Waals surface area contributed by atoms with E-state index in [4.69, 9.17) is 9.35 Å². The minimum Gasteiger partial charge on any atom is -0.507 e. The Balaban J connectivity index is 0.000000686. The van der Waals surface area contributed by atoms with Gasteiger partial charge in [-0.05, 0) is 23.6 Å². The predicted molar refractivity (Wildman–Crippen MR) is 62.5 cm³/mol. The van der Waals surface area contributed by atoms with E-state index >= 15 is 0 Å². The van der Waals surface area contributed by atoms with Crippen molar-refractivity contribution in [3.05, 3.63) is 36.4 Å². The van der Waals surface area contributed by atoms with Crippen LogP contribution in [0.1, 0.15) is 0 Å². The van der Waals surface area contributed by atoms with E-state index in [9.17, 15) is 13.5 Å². The third kappa shape index (κ3) is 2.80. The minimum atomic E-state index is -4.22. The highest BCUT2D eigenvalue weighted by atomic mass is 32.2. The van der Waals surface area contributed by atoms with Crippen LogP contribution >= 0.6 is 0 Å². The Labute approximate surface area is 98.1 Å². The molecule has 0 atom stereocenters. The van der Waals surface area contributed by atoms with Gasteiger partial charge in [0, 0.05) is 5.39 Å². The summed E-state index contributed by atoms with van der Waals surface area (Å²) < 4.78 is 30.6. The summed E-state index contributed by atoms with van der Waals surface area (Å²) in [6, 6.07) is 8.90. The fourth-order valence-electron chi connectivity index (χ4n) is 1.40. The second kappa shape index (κ2) is 4.94. The number of rotatable bonds is 1. The monoisotopic (exact) mass is 254 g/mol. The summed E-state index contributed by atoms with van der Waals surface area (Å²) in [5.41, 5.74) is 0. The molecule has 0 spiro atoms. The molecule has 2 aromatic carbocycles. The Hall–Kier alpha value is -1.92. The lowest BCUT2D eigenvalue weighted by molar-refractivity contribution is -0.0979. The summed E-state index contributed by atoms with van der Waals surface area (Å²) in [5.74, 6) is -0.0157. The first-order chi connectivity index (χ1) is 7.98. The number of benzene rings is 2. The highest BCUT2D eigenvalue weighted by Crippen LogP contribution is 2.26. The van der Waals surface area contributed by atoms with E-state index in [0.717, 1.165) is 0 Å². The summed E-state index contributed by atoms with van der Waals surface area (Å²) >= 11 is 0. The first kappa shape index (κ1) is 13.1. The lowest BCUT2D eigenvalue weighted by Crippen LogP contribution is -1.97. The van der Waals surface area contributed by atoms with Crippen molar-refractivity contribution in [2.75, 3.05) is 0 Å². The topological polar surface area (TPSA) is 91.7 Å². The molecule has 0 bridgehead atoms. The number of aromatic hydroxyl groups is 1. The molecular formula is C11H10O5S. The molecule has 2 N–H and O–H groups in total. The second-order valence-electron chi connectivity index (χ2n) is 3.14. The van der Waals surface area contributed by atoms with Crippen molar-refractivity contribution >= 4 is 27.7 Å². The predicted octanol–water partition coefficient (Wildman–Crippen LogP) is 1.61. The molecule has 2 rings (SSSR count). The van der Waals surface area contributed by atoms with Gasteiger partial charge in [0.25, 0.3) is 10.1 Å². The van der Waals surface area contributed by atoms with Crippen molar-refractivity contribution in [3.63, 3.8) is 0 Å². The van der Waals surface area contributed by atoms with Crippen LogP contribution in [-0.2, 0) is 14.9 Å². The third-order valence-corrected chi connectivity index (χ3v) is 2.98. The lowest BCUT2D eigenvalue weighted by Gasteiger charge is -2.02. The molecule has 0 aromatic heterocycles. The van der Waals surface area contributed by atoms with E-state index in [1.807, 2.05) is 6.79 Å². The summed E-state index contributed by atoms with van der Waals surface area (Å²) in [6.45, 7) is 2.00. The molecule has 90 valence electrons. The second-order valence-corrected chi connectivity index (χ2v) is 4.56. The van der Waals surface area contributed by atoms with Gasteiger partial charge in [-0.3, -0.25) is 4.55 Å². The van der Waals surface area contributed by atoms with Crippen LogP contribution in [0.15, 0.2) is 41.3 Å². The summed E-state index contributed by atoms with van der Waals surface area (Å²) in [4.78, 5) is 7.77. The number of fused-ring (bicyclic) bond motifs is 1. The number of phenols is 1. The smallest absolute Gasteiger partial charge is 0.294 e. The standard InChI is InChI=1S/C10H8O4S.CH2O/c11-10-3-1-2-7-4-5-8(6-9(7)10)15(12,13)14;1-2/h1-6,11H,(H,12,13,14);1H2. The number of carbonyl (C=O) groups excluding carboxylic acids is 1. The van der Waals surface area contributed by atoms with Gasteiger partial charge in [-0.25, -0.2) is 0 Å². The summed E-state index contributed by atoms with van der Waals surface area (Å²) in [5, 5.41) is 10.6. The van der Waals surface area contributed by atoms with Crippen LogP contribution in [0.4, 0.5) is 0 Å². The van der Waals surface area contributed by atoms with Crippen LogP contribution < -0.4 is 0 Å². The summed E-state index contributed by atoms with van der Waals surface area (Å²) in [7, 11) is -4.22. The molecule has 6 heteroatoms. The largest absolute Gasteiger partial charge is 0.507 e. The highest BCUT2D eigenvalue weighted by molar-refractivity contribution is 7.85. The molecule has 0 aliphatic carbocycles. The maximum absolute atomic E-state index is 10.9. The lowest BCUT2D eigenvalue weighted by atomic mass is 10.1. The van der Waals surface area contributed by atoms with Gasteiger partial charge in [-0.1, -0.05) is 18.2 Å². The van der Waals surface area contributed by atoms with E-state index in [1.54, 1.807) is 12.1 Å². The van der Waals surface area contributed by atoms with Crippen molar-refractivity contribution in [2.24, 2.45) is 0 Å². The Morgan fingerprint density at radius 2 is 1.71 bits per heavy atom. The van der Waals surface area contributed by atoms with Crippen LogP contribution in [-0.4, -0.2) is 24.9 Å². The molecule has 17 heavy (non-hydrogen) atoms. The van der Waals surface area contributed by atoms with E-state index in [1.165, 1.54) is 24.3 Å². The molecular weight excluding hydrogens is 244 g/mol. The Bertz CT molecular complexity index is 633. The zero-order valence-corrected chi connectivity index (χ0v) is 9.52. The van der Waals surface area contributed by atoms with Gasteiger partial charge in [0.05, 0.1) is 4.90 Å². The average Bonchev–Trinajstić information content (AvgIpc) is 2.30. The molecule has 0 saturated heterocycles. The van der Waals surface area contributed by atoms with Gasteiger partial charge in [0.1, 0.15) is 12.5 Å². The van der Waals surface area contributed by atoms with Crippen LogP contribution in [0.25, 0.3) is 10.8 Å². The van der Waals surface area contributed by atoms with Gasteiger partial charge in [0.2, 0.25) is 0 Å². The quantitative estimate of drug-likeness (QED) is 0.754. The van der Waals surface area contributed by atoms with E-state index in [2.05, 4.69) is 0 Å². The zero-order chi connectivity index (χ0) is 13.1. The van der Waals surface area contributed by atoms with Gasteiger partial charge in [-0.2, -0.15) is 8.42 Å².